The SMILES string of the molecule is [N-]=[N+]=NOC(=O)c1cc(C=O)c2c(C(=O)O)c1OCCO2. The van der Waals surface area contributed by atoms with Crippen LogP contribution in [0.2, 0.25) is 0 Å². The highest BCUT2D eigenvalue weighted by Gasteiger charge is 2.30. The number of carboxylic acid groups (broad SMARTS) is 1. The molecule has 0 atom stereocenters. The number of carboxylic acids is 1. The van der Waals surface area contributed by atoms with Crippen molar-refractivity contribution in [1.82, 2.24) is 0 Å². The number of hydrogen-bond donors (Lipinski definition) is 1. The standard InChI is InChI=1S/C11H7N3O7/c12-13-14-21-11(18)6-3-5(4-15)8-7(10(16)17)9(6)20-2-1-19-8/h3-4H,1-2H2,(H,16,17). The molecule has 10 nitrogen and oxygen atoms in total. The third-order valence-electron chi connectivity index (χ3n) is 2.56. The van der Waals surface area contributed by atoms with Crippen LogP contribution in [0.1, 0.15) is 31.1 Å². The summed E-state index contributed by atoms with van der Waals surface area (Å²) in [6, 6.07) is 1.05. The van der Waals surface area contributed by atoms with Crippen molar-refractivity contribution >= 4 is 18.2 Å². The number of hydrogen-bond acceptors (Lipinski definition) is 7. The Morgan fingerprint density at radius 3 is 2.62 bits per heavy atom. The van der Waals surface area contributed by atoms with Crippen LogP contribution in [0.15, 0.2) is 11.3 Å². The molecule has 0 spiro atoms. The predicted molar refractivity (Wildman–Crippen MR) is 64.3 cm³/mol. The maximum Gasteiger partial charge on any atom is 0.353 e. The van der Waals surface area contributed by atoms with Crippen molar-refractivity contribution in [2.45, 2.75) is 0 Å². The highest BCUT2D eigenvalue weighted by atomic mass is 16.7. The Balaban J connectivity index is 2.70. The van der Waals surface area contributed by atoms with Gasteiger partial charge in [-0.05, 0) is 11.6 Å². The minimum absolute atomic E-state index is 0.000527. The van der Waals surface area contributed by atoms with Gasteiger partial charge in [-0.2, -0.15) is 0 Å². The van der Waals surface area contributed by atoms with E-state index in [1.807, 2.05) is 0 Å². The first-order valence-electron chi connectivity index (χ1n) is 5.51. The summed E-state index contributed by atoms with van der Waals surface area (Å²) in [7, 11) is 0. The molecular weight excluding hydrogens is 286 g/mol. The average molecular weight is 293 g/mol. The number of nitrogens with zero attached hydrogens (tertiary/aromatic N) is 3. The molecule has 0 aromatic heterocycles. The Kier molecular flexibility index (Phi) is 3.91. The van der Waals surface area contributed by atoms with Crippen LogP contribution < -0.4 is 9.47 Å². The quantitative estimate of drug-likeness (QED) is 0.289. The van der Waals surface area contributed by atoms with E-state index in [0.717, 1.165) is 6.07 Å². The summed E-state index contributed by atoms with van der Waals surface area (Å²) in [4.78, 5) is 40.6. The Labute approximate surface area is 116 Å². The maximum absolute atomic E-state index is 11.8. The Morgan fingerprint density at radius 1 is 1.38 bits per heavy atom. The van der Waals surface area contributed by atoms with E-state index in [9.17, 15) is 19.5 Å². The lowest BCUT2D eigenvalue weighted by molar-refractivity contribution is 0.0501. The monoisotopic (exact) mass is 293 g/mol. The molecule has 0 radical (unpaired) electrons. The number of ether oxygens (including phenoxy) is 2. The fourth-order valence-corrected chi connectivity index (χ4v) is 1.80. The molecule has 0 aliphatic carbocycles. The second kappa shape index (κ2) is 5.80. The molecule has 0 unspecified atom stereocenters. The van der Waals surface area contributed by atoms with E-state index >= 15 is 0 Å². The van der Waals surface area contributed by atoms with E-state index in [2.05, 4.69) is 15.0 Å². The summed E-state index contributed by atoms with van der Waals surface area (Å²) in [6.45, 7) is -0.0344. The van der Waals surface area contributed by atoms with Gasteiger partial charge in [-0.3, -0.25) is 4.79 Å². The van der Waals surface area contributed by atoms with Gasteiger partial charge in [0.15, 0.2) is 12.0 Å². The molecule has 1 aromatic rings. The number of fused-ring (bicyclic) bond motifs is 2. The average Bonchev–Trinajstić information content (AvgIpc) is 2.64. The molecule has 1 aliphatic heterocycles. The van der Waals surface area contributed by atoms with Crippen molar-refractivity contribution < 1.29 is 33.8 Å². The lowest BCUT2D eigenvalue weighted by Gasteiger charge is -2.12. The van der Waals surface area contributed by atoms with Crippen LogP contribution in [0.25, 0.3) is 10.4 Å². The van der Waals surface area contributed by atoms with E-state index in [1.165, 1.54) is 0 Å². The minimum atomic E-state index is -1.44. The topological polar surface area (TPSA) is 148 Å². The number of benzene rings is 1. The zero-order valence-corrected chi connectivity index (χ0v) is 10.3. The van der Waals surface area contributed by atoms with E-state index in [4.69, 9.17) is 15.0 Å². The highest BCUT2D eigenvalue weighted by molar-refractivity contribution is 6.04. The van der Waals surface area contributed by atoms with Gasteiger partial charge in [0.2, 0.25) is 0 Å². The number of aldehydes is 1. The molecule has 0 amide bonds. The summed E-state index contributed by atoms with van der Waals surface area (Å²) >= 11 is 0. The van der Waals surface area contributed by atoms with E-state index in [1.54, 1.807) is 0 Å². The zero-order chi connectivity index (χ0) is 15.4. The van der Waals surface area contributed by atoms with E-state index in [0.29, 0.717) is 6.29 Å². The predicted octanol–water partition coefficient (Wildman–Crippen LogP) is 1.35. The van der Waals surface area contributed by atoms with E-state index in [-0.39, 0.29) is 35.8 Å². The van der Waals surface area contributed by atoms with Gasteiger partial charge in [-0.15, -0.1) is 0 Å². The van der Waals surface area contributed by atoms with Gasteiger partial charge < -0.3 is 19.4 Å². The van der Waals surface area contributed by atoms with Crippen molar-refractivity contribution in [2.75, 3.05) is 13.2 Å². The maximum atomic E-state index is 11.8. The second-order valence-corrected chi connectivity index (χ2v) is 3.72. The normalized spacial score (nSPS) is 12.0. The molecule has 1 N–H and O–H groups in total. The van der Waals surface area contributed by atoms with Crippen molar-refractivity contribution in [1.29, 1.82) is 0 Å². The number of carbonyl (C=O) groups excluding carboxylic acids is 2. The van der Waals surface area contributed by atoms with Crippen LogP contribution in [-0.2, 0) is 4.84 Å². The molecule has 10 heteroatoms. The Hall–Kier alpha value is -3.26. The van der Waals surface area contributed by atoms with Gasteiger partial charge >= 0.3 is 11.9 Å². The Morgan fingerprint density at radius 2 is 2.05 bits per heavy atom. The lowest BCUT2D eigenvalue weighted by Crippen LogP contribution is -2.11. The van der Waals surface area contributed by atoms with Gasteiger partial charge in [0.05, 0.1) is 5.56 Å². The van der Waals surface area contributed by atoms with Gasteiger partial charge in [0, 0.05) is 4.91 Å². The number of rotatable bonds is 4. The van der Waals surface area contributed by atoms with Crippen molar-refractivity contribution in [3.05, 3.63) is 33.2 Å². The zero-order valence-electron chi connectivity index (χ0n) is 10.3. The number of aromatic carboxylic acids is 1. The highest BCUT2D eigenvalue weighted by Crippen LogP contribution is 2.37. The molecule has 2 bridgehead atoms. The molecular formula is C11H7N3O7. The van der Waals surface area contributed by atoms with Crippen LogP contribution in [-0.4, -0.2) is 36.5 Å². The first-order valence-corrected chi connectivity index (χ1v) is 5.51. The molecule has 0 saturated carbocycles. The summed E-state index contributed by atoms with van der Waals surface area (Å²) < 4.78 is 10.3. The number of carbonyl (C=O) groups is 3. The Bertz CT molecular complexity index is 679. The largest absolute Gasteiger partial charge is 0.488 e. The fraction of sp³-hybridized carbons (Fsp3) is 0.182. The fourth-order valence-electron chi connectivity index (χ4n) is 1.80. The summed E-state index contributed by atoms with van der Waals surface area (Å²) in [5.41, 5.74) is 7.14. The van der Waals surface area contributed by atoms with E-state index < -0.39 is 17.5 Å². The molecule has 1 heterocycles. The first-order chi connectivity index (χ1) is 10.1. The molecule has 0 saturated heterocycles. The van der Waals surface area contributed by atoms with Gasteiger partial charge in [-0.25, -0.2) is 9.59 Å². The van der Waals surface area contributed by atoms with Crippen LogP contribution in [0, 0.1) is 0 Å². The van der Waals surface area contributed by atoms with Gasteiger partial charge in [0.25, 0.3) is 0 Å². The van der Waals surface area contributed by atoms with Crippen LogP contribution >= 0.6 is 0 Å². The van der Waals surface area contributed by atoms with Crippen LogP contribution in [0.3, 0.4) is 0 Å². The smallest absolute Gasteiger partial charge is 0.353 e. The number of azide groups is 1. The summed E-state index contributed by atoms with van der Waals surface area (Å²) in [6.07, 6.45) is 0.335. The molecule has 108 valence electrons. The van der Waals surface area contributed by atoms with Gasteiger partial charge in [0.1, 0.15) is 35.4 Å². The van der Waals surface area contributed by atoms with Crippen LogP contribution in [0.4, 0.5) is 0 Å². The van der Waals surface area contributed by atoms with Crippen LogP contribution in [0.5, 0.6) is 11.5 Å². The summed E-state index contributed by atoms with van der Waals surface area (Å²) in [5.74, 6) is -3.09. The van der Waals surface area contributed by atoms with Crippen molar-refractivity contribution in [3.8, 4) is 11.5 Å². The van der Waals surface area contributed by atoms with Gasteiger partial charge in [-0.1, -0.05) is 0 Å². The molecule has 1 aliphatic rings. The second-order valence-electron chi connectivity index (χ2n) is 3.72. The molecule has 21 heavy (non-hydrogen) atoms. The molecule has 0 fully saturated rings. The third-order valence-corrected chi connectivity index (χ3v) is 2.56. The first kappa shape index (κ1) is 14.2. The minimum Gasteiger partial charge on any atom is -0.488 e. The third kappa shape index (κ3) is 2.55. The van der Waals surface area contributed by atoms with Crippen molar-refractivity contribution in [2.24, 2.45) is 5.28 Å². The summed E-state index contributed by atoms with van der Waals surface area (Å²) in [5, 5.41) is 11.9. The molecule has 1 aromatic carbocycles. The molecule has 2 rings (SSSR count). The van der Waals surface area contributed by atoms with Crippen molar-refractivity contribution in [3.63, 3.8) is 0 Å². The lowest BCUT2D eigenvalue weighted by atomic mass is 10.0.